The third-order valence-electron chi connectivity index (χ3n) is 3.47. The van der Waals surface area contributed by atoms with E-state index in [0.717, 1.165) is 18.9 Å². The lowest BCUT2D eigenvalue weighted by atomic mass is 10.1. The number of anilines is 2. The van der Waals surface area contributed by atoms with E-state index < -0.39 is 0 Å². The van der Waals surface area contributed by atoms with Gasteiger partial charge in [0.15, 0.2) is 5.82 Å². The zero-order chi connectivity index (χ0) is 14.4. The van der Waals surface area contributed by atoms with Gasteiger partial charge in [0.05, 0.1) is 0 Å². The Morgan fingerprint density at radius 1 is 1.40 bits per heavy atom. The number of hydrogen-bond donors (Lipinski definition) is 2. The summed E-state index contributed by atoms with van der Waals surface area (Å²) in [7, 11) is 1.62. The van der Waals surface area contributed by atoms with Gasteiger partial charge >= 0.3 is 0 Å². The molecule has 0 aromatic carbocycles. The van der Waals surface area contributed by atoms with Gasteiger partial charge in [-0.3, -0.25) is 0 Å². The number of likely N-dealkylation sites (tertiary alicyclic amines) is 1. The second-order valence-electron chi connectivity index (χ2n) is 5.52. The molecule has 6 nitrogen and oxygen atoms in total. The minimum Gasteiger partial charge on any atom is -0.384 e. The van der Waals surface area contributed by atoms with Crippen molar-refractivity contribution in [1.29, 1.82) is 0 Å². The third kappa shape index (κ3) is 4.61. The Kier molecular flexibility index (Phi) is 5.55. The molecule has 0 radical (unpaired) electrons. The minimum absolute atomic E-state index is 0.378. The van der Waals surface area contributed by atoms with Crippen LogP contribution in [-0.2, 0) is 11.3 Å². The molecule has 1 fully saturated rings. The van der Waals surface area contributed by atoms with Crippen LogP contribution < -0.4 is 11.1 Å². The molecule has 0 bridgehead atoms. The van der Waals surface area contributed by atoms with Crippen LogP contribution in [0.3, 0.4) is 0 Å². The molecule has 2 heterocycles. The van der Waals surface area contributed by atoms with Crippen molar-refractivity contribution in [2.24, 2.45) is 5.92 Å². The van der Waals surface area contributed by atoms with E-state index in [2.05, 4.69) is 27.1 Å². The summed E-state index contributed by atoms with van der Waals surface area (Å²) in [6.07, 6.45) is 2.67. The van der Waals surface area contributed by atoms with Crippen molar-refractivity contribution in [2.75, 3.05) is 44.3 Å². The van der Waals surface area contributed by atoms with Gasteiger partial charge in [-0.15, -0.1) is 0 Å². The molecule has 1 aliphatic rings. The van der Waals surface area contributed by atoms with Crippen molar-refractivity contribution in [3.8, 4) is 0 Å². The number of hydrogen-bond acceptors (Lipinski definition) is 6. The highest BCUT2D eigenvalue weighted by Gasteiger charge is 2.14. The SMILES string of the molecule is COCc1nc(N)cc(NCC(C)CN2CCCC2)n1. The van der Waals surface area contributed by atoms with Crippen LogP contribution in [0.2, 0.25) is 0 Å². The van der Waals surface area contributed by atoms with Crippen LogP contribution in [0.4, 0.5) is 11.6 Å². The number of rotatable bonds is 7. The summed E-state index contributed by atoms with van der Waals surface area (Å²) < 4.78 is 5.04. The molecule has 1 unspecified atom stereocenters. The lowest BCUT2D eigenvalue weighted by Gasteiger charge is -2.20. The van der Waals surface area contributed by atoms with Crippen molar-refractivity contribution < 1.29 is 4.74 Å². The summed E-state index contributed by atoms with van der Waals surface area (Å²) in [4.78, 5) is 11.0. The molecule has 2 rings (SSSR count). The molecule has 1 aromatic heterocycles. The third-order valence-corrected chi connectivity index (χ3v) is 3.47. The highest BCUT2D eigenvalue weighted by Crippen LogP contribution is 2.12. The van der Waals surface area contributed by atoms with Gasteiger partial charge in [-0.1, -0.05) is 6.92 Å². The van der Waals surface area contributed by atoms with Crippen molar-refractivity contribution in [2.45, 2.75) is 26.4 Å². The number of aromatic nitrogens is 2. The van der Waals surface area contributed by atoms with Crippen LogP contribution in [-0.4, -0.2) is 48.2 Å². The molecule has 112 valence electrons. The second-order valence-corrected chi connectivity index (χ2v) is 5.52. The number of methoxy groups -OCH3 is 1. The fourth-order valence-corrected chi connectivity index (χ4v) is 2.55. The number of ether oxygens (including phenoxy) is 1. The first-order chi connectivity index (χ1) is 9.67. The predicted molar refractivity (Wildman–Crippen MR) is 80.5 cm³/mol. The van der Waals surface area contributed by atoms with Crippen molar-refractivity contribution in [3.05, 3.63) is 11.9 Å². The van der Waals surface area contributed by atoms with Gasteiger partial charge in [0, 0.05) is 26.3 Å². The first kappa shape index (κ1) is 15.0. The van der Waals surface area contributed by atoms with Crippen LogP contribution in [0.1, 0.15) is 25.6 Å². The molecule has 1 saturated heterocycles. The Balaban J connectivity index is 1.82. The van der Waals surface area contributed by atoms with Gasteiger partial charge in [-0.2, -0.15) is 0 Å². The predicted octanol–water partition coefficient (Wildman–Crippen LogP) is 1.35. The smallest absolute Gasteiger partial charge is 0.158 e. The lowest BCUT2D eigenvalue weighted by Crippen LogP contribution is -2.29. The summed E-state index contributed by atoms with van der Waals surface area (Å²) in [5, 5.41) is 3.34. The Labute approximate surface area is 120 Å². The van der Waals surface area contributed by atoms with Crippen molar-refractivity contribution in [3.63, 3.8) is 0 Å². The van der Waals surface area contributed by atoms with Gasteiger partial charge in [0.25, 0.3) is 0 Å². The molecule has 3 N–H and O–H groups in total. The maximum Gasteiger partial charge on any atom is 0.158 e. The average molecular weight is 279 g/mol. The van der Waals surface area contributed by atoms with Crippen molar-refractivity contribution in [1.82, 2.24) is 14.9 Å². The fourth-order valence-electron chi connectivity index (χ4n) is 2.55. The zero-order valence-corrected chi connectivity index (χ0v) is 12.4. The summed E-state index contributed by atoms with van der Waals surface area (Å²) >= 11 is 0. The molecule has 20 heavy (non-hydrogen) atoms. The quantitative estimate of drug-likeness (QED) is 0.784. The highest BCUT2D eigenvalue weighted by atomic mass is 16.5. The van der Waals surface area contributed by atoms with Gasteiger partial charge in [-0.25, -0.2) is 9.97 Å². The Hall–Kier alpha value is -1.40. The monoisotopic (exact) mass is 279 g/mol. The lowest BCUT2D eigenvalue weighted by molar-refractivity contribution is 0.178. The molecule has 0 aliphatic carbocycles. The van der Waals surface area contributed by atoms with Crippen LogP contribution in [0.5, 0.6) is 0 Å². The molecular weight excluding hydrogens is 254 g/mol. The maximum atomic E-state index is 5.77. The molecule has 1 atom stereocenters. The average Bonchev–Trinajstić information content (AvgIpc) is 2.89. The summed E-state index contributed by atoms with van der Waals surface area (Å²) in [6, 6.07) is 1.77. The van der Waals surface area contributed by atoms with E-state index in [-0.39, 0.29) is 0 Å². The topological polar surface area (TPSA) is 76.3 Å². The van der Waals surface area contributed by atoms with Crippen LogP contribution in [0, 0.1) is 5.92 Å². The van der Waals surface area contributed by atoms with Crippen LogP contribution in [0.25, 0.3) is 0 Å². The first-order valence-corrected chi connectivity index (χ1v) is 7.26. The Morgan fingerprint density at radius 3 is 2.85 bits per heavy atom. The largest absolute Gasteiger partial charge is 0.384 e. The van der Waals surface area contributed by atoms with Gasteiger partial charge in [0.1, 0.15) is 18.2 Å². The minimum atomic E-state index is 0.378. The van der Waals surface area contributed by atoms with E-state index in [4.69, 9.17) is 10.5 Å². The maximum absolute atomic E-state index is 5.77. The van der Waals surface area contributed by atoms with Crippen LogP contribution >= 0.6 is 0 Å². The van der Waals surface area contributed by atoms with Crippen molar-refractivity contribution >= 4 is 11.6 Å². The van der Waals surface area contributed by atoms with E-state index in [9.17, 15) is 0 Å². The fraction of sp³-hybridized carbons (Fsp3) is 0.714. The van der Waals surface area contributed by atoms with E-state index in [1.54, 1.807) is 13.2 Å². The standard InChI is InChI=1S/C14H25N5O/c1-11(9-19-5-3-4-6-19)8-16-13-7-12(15)17-14(18-13)10-20-2/h7,11H,3-6,8-10H2,1-2H3,(H3,15,16,17,18). The number of nitrogen functional groups attached to an aromatic ring is 1. The molecule has 0 spiro atoms. The second kappa shape index (κ2) is 7.40. The van der Waals surface area contributed by atoms with Gasteiger partial charge in [-0.05, 0) is 31.8 Å². The van der Waals surface area contributed by atoms with E-state index in [0.29, 0.717) is 24.2 Å². The molecular formula is C14H25N5O. The molecule has 1 aromatic rings. The van der Waals surface area contributed by atoms with Crippen LogP contribution in [0.15, 0.2) is 6.07 Å². The van der Waals surface area contributed by atoms with E-state index in [1.807, 2.05) is 0 Å². The zero-order valence-electron chi connectivity index (χ0n) is 12.4. The summed E-state index contributed by atoms with van der Waals surface area (Å²) in [5.41, 5.74) is 5.77. The molecule has 6 heteroatoms. The number of nitrogens with zero attached hydrogens (tertiary/aromatic N) is 3. The van der Waals surface area contributed by atoms with Gasteiger partial charge in [0.2, 0.25) is 0 Å². The highest BCUT2D eigenvalue weighted by molar-refractivity contribution is 5.44. The van der Waals surface area contributed by atoms with E-state index in [1.165, 1.54) is 25.9 Å². The Morgan fingerprint density at radius 2 is 2.15 bits per heavy atom. The van der Waals surface area contributed by atoms with Gasteiger partial charge < -0.3 is 20.7 Å². The summed E-state index contributed by atoms with van der Waals surface area (Å²) in [6.45, 7) is 7.14. The molecule has 0 amide bonds. The van der Waals surface area contributed by atoms with E-state index >= 15 is 0 Å². The Bertz CT molecular complexity index is 420. The number of nitrogens with two attached hydrogens (primary N) is 1. The summed E-state index contributed by atoms with van der Waals surface area (Å²) in [5.74, 6) is 2.44. The molecule has 1 aliphatic heterocycles. The first-order valence-electron chi connectivity index (χ1n) is 7.26. The normalized spacial score (nSPS) is 17.3. The molecule has 0 saturated carbocycles. The number of nitrogens with one attached hydrogen (secondary N) is 1.